The molecule has 1 fully saturated rings. The number of piperidine rings is 1. The molecule has 0 saturated carbocycles. The average molecular weight is 540 g/mol. The summed E-state index contributed by atoms with van der Waals surface area (Å²) in [5, 5.41) is 14.2. The van der Waals surface area contributed by atoms with Crippen LogP contribution in [0.25, 0.3) is 21.8 Å². The Kier molecular flexibility index (Phi) is 8.02. The van der Waals surface area contributed by atoms with Crippen LogP contribution in [-0.2, 0) is 10.0 Å². The number of hydrogen-bond donors (Lipinski definition) is 2. The molecule has 8 nitrogen and oxygen atoms in total. The highest BCUT2D eigenvalue weighted by atomic mass is 35.5. The Labute approximate surface area is 213 Å². The fourth-order valence-electron chi connectivity index (χ4n) is 4.47. The molecule has 3 N–H and O–H groups in total. The number of rotatable bonds is 8. The Morgan fingerprint density at radius 2 is 2.03 bits per heavy atom. The predicted molar refractivity (Wildman–Crippen MR) is 136 cm³/mol. The highest BCUT2D eigenvalue weighted by Crippen LogP contribution is 2.43. The third-order valence-electron chi connectivity index (χ3n) is 6.30. The quantitative estimate of drug-likeness (QED) is 0.407. The Morgan fingerprint density at radius 3 is 2.66 bits per heavy atom. The van der Waals surface area contributed by atoms with E-state index in [0.717, 1.165) is 37.5 Å². The molecule has 0 spiro atoms. The summed E-state index contributed by atoms with van der Waals surface area (Å²) in [4.78, 5) is 15.8. The third kappa shape index (κ3) is 5.64. The molecule has 0 bridgehead atoms. The van der Waals surface area contributed by atoms with E-state index >= 15 is 4.39 Å². The molecule has 4 rings (SSSR count). The summed E-state index contributed by atoms with van der Waals surface area (Å²) in [5.74, 6) is -0.206. The van der Waals surface area contributed by atoms with Gasteiger partial charge in [-0.25, -0.2) is 32.9 Å². The molecule has 3 heterocycles. The van der Waals surface area contributed by atoms with Crippen molar-refractivity contribution in [3.05, 3.63) is 47.1 Å². The monoisotopic (exact) mass is 539 g/mol. The summed E-state index contributed by atoms with van der Waals surface area (Å²) in [7, 11) is -4.00. The molecule has 0 radical (unpaired) electrons. The van der Waals surface area contributed by atoms with Gasteiger partial charge in [0.05, 0.1) is 16.3 Å². The number of aromatic nitrogens is 3. The van der Waals surface area contributed by atoms with Crippen molar-refractivity contribution in [2.24, 2.45) is 11.1 Å². The number of thiazole rings is 1. The molecule has 3 aromatic rings. The molecule has 1 saturated heterocycles. The van der Waals surface area contributed by atoms with Crippen LogP contribution in [0.2, 0.25) is 5.28 Å². The van der Waals surface area contributed by atoms with Crippen molar-refractivity contribution in [3.63, 3.8) is 0 Å². The molecule has 1 atom stereocenters. The summed E-state index contributed by atoms with van der Waals surface area (Å²) in [5.41, 5.74) is 1.05. The van der Waals surface area contributed by atoms with E-state index in [0.29, 0.717) is 22.2 Å². The van der Waals surface area contributed by atoms with Crippen LogP contribution in [0.3, 0.4) is 0 Å². The molecular formula is C23H27ClFN5O3S2. The number of nitrogens with two attached hydrogens (primary N) is 1. The van der Waals surface area contributed by atoms with Crippen LogP contribution < -0.4 is 10.0 Å². The van der Waals surface area contributed by atoms with E-state index in [1.165, 1.54) is 23.6 Å². The molecule has 12 heteroatoms. The van der Waals surface area contributed by atoms with Gasteiger partial charge in [0.15, 0.2) is 5.13 Å². The van der Waals surface area contributed by atoms with Gasteiger partial charge in [0, 0.05) is 37.0 Å². The summed E-state index contributed by atoms with van der Waals surface area (Å²) in [6, 6.07) is 6.31. The predicted octanol–water partition coefficient (Wildman–Crippen LogP) is 4.40. The van der Waals surface area contributed by atoms with Gasteiger partial charge < -0.3 is 10.0 Å². The van der Waals surface area contributed by atoms with E-state index in [9.17, 15) is 13.5 Å². The zero-order valence-corrected chi connectivity index (χ0v) is 21.6. The van der Waals surface area contributed by atoms with Gasteiger partial charge >= 0.3 is 0 Å². The number of aliphatic hydroxyl groups excluding tert-OH is 1. The Bertz CT molecular complexity index is 1300. The Balaban J connectivity index is 1.81. The highest BCUT2D eigenvalue weighted by molar-refractivity contribution is 7.89. The van der Waals surface area contributed by atoms with Crippen molar-refractivity contribution >= 4 is 38.1 Å². The molecule has 1 aliphatic rings. The van der Waals surface area contributed by atoms with Crippen LogP contribution in [0.5, 0.6) is 0 Å². The maximum absolute atomic E-state index is 15.8. The van der Waals surface area contributed by atoms with Gasteiger partial charge in [-0.1, -0.05) is 30.4 Å². The Hall–Kier alpha value is -2.18. The zero-order valence-electron chi connectivity index (χ0n) is 19.2. The normalized spacial score (nSPS) is 16.0. The second kappa shape index (κ2) is 10.8. The molecular weight excluding hydrogens is 513 g/mol. The molecule has 188 valence electrons. The largest absolute Gasteiger partial charge is 0.396 e. The summed E-state index contributed by atoms with van der Waals surface area (Å²) in [6.45, 7) is 3.37. The van der Waals surface area contributed by atoms with Crippen molar-refractivity contribution in [1.29, 1.82) is 0 Å². The fraction of sp³-hybridized carbons (Fsp3) is 0.435. The lowest BCUT2D eigenvalue weighted by atomic mass is 9.94. The molecule has 1 unspecified atom stereocenters. The van der Waals surface area contributed by atoms with Crippen LogP contribution in [0.4, 0.5) is 9.52 Å². The van der Waals surface area contributed by atoms with Crippen molar-refractivity contribution in [2.45, 2.75) is 37.9 Å². The second-order valence-corrected chi connectivity index (χ2v) is 11.6. The van der Waals surface area contributed by atoms with Crippen molar-refractivity contribution in [1.82, 2.24) is 15.0 Å². The zero-order chi connectivity index (χ0) is 25.2. The van der Waals surface area contributed by atoms with Crippen molar-refractivity contribution in [3.8, 4) is 21.8 Å². The van der Waals surface area contributed by atoms with Crippen molar-refractivity contribution in [2.75, 3.05) is 24.6 Å². The average Bonchev–Trinajstić information content (AvgIpc) is 3.26. The highest BCUT2D eigenvalue weighted by Gasteiger charge is 2.29. The SMILES string of the molecule is CCC(c1cccc(-c2nc(N3CCC(CCO)CC3)sc2-c2ccnc(Cl)n2)c1F)S(N)(=O)=O. The van der Waals surface area contributed by atoms with E-state index in [1.807, 2.05) is 0 Å². The molecule has 35 heavy (non-hydrogen) atoms. The number of nitrogens with zero attached hydrogens (tertiary/aromatic N) is 4. The maximum atomic E-state index is 15.8. The topological polar surface area (TPSA) is 122 Å². The summed E-state index contributed by atoms with van der Waals surface area (Å²) >= 11 is 7.42. The van der Waals surface area contributed by atoms with E-state index in [4.69, 9.17) is 21.7 Å². The molecule has 0 aliphatic carbocycles. The fourth-order valence-corrected chi connectivity index (χ4v) is 6.72. The van der Waals surface area contributed by atoms with Gasteiger partial charge in [0.1, 0.15) is 11.1 Å². The van der Waals surface area contributed by atoms with Gasteiger partial charge in [-0.05, 0) is 55.3 Å². The number of aliphatic hydroxyl groups is 1. The molecule has 1 aromatic carbocycles. The third-order valence-corrected chi connectivity index (χ3v) is 9.00. The van der Waals surface area contributed by atoms with Gasteiger partial charge in [-0.3, -0.25) is 0 Å². The van der Waals surface area contributed by atoms with Gasteiger partial charge in [0.2, 0.25) is 15.3 Å². The Morgan fingerprint density at radius 1 is 1.29 bits per heavy atom. The van der Waals surface area contributed by atoms with Crippen LogP contribution in [0.15, 0.2) is 30.5 Å². The first-order valence-electron chi connectivity index (χ1n) is 11.4. The number of anilines is 1. The number of benzene rings is 1. The smallest absolute Gasteiger partial charge is 0.222 e. The minimum absolute atomic E-state index is 0.0125. The first kappa shape index (κ1) is 25.9. The van der Waals surface area contributed by atoms with E-state index in [1.54, 1.807) is 25.1 Å². The minimum atomic E-state index is -4.00. The van der Waals surface area contributed by atoms with E-state index in [-0.39, 0.29) is 29.4 Å². The lowest BCUT2D eigenvalue weighted by Gasteiger charge is -2.31. The second-order valence-electron chi connectivity index (χ2n) is 8.52. The number of halogens is 2. The van der Waals surface area contributed by atoms with Crippen LogP contribution in [0.1, 0.15) is 43.4 Å². The van der Waals surface area contributed by atoms with Crippen LogP contribution in [-0.4, -0.2) is 48.2 Å². The standard InChI is InChI=1S/C23H27ClFN5O3S2/c1-2-18(35(26,32)33)15-4-3-5-16(19(15)25)20-21(17-6-10-27-22(24)28-17)34-23(29-20)30-11-7-14(8-12-30)9-13-31/h3-6,10,14,18,31H,2,7-9,11-13H2,1H3,(H2,26,32,33). The van der Waals surface area contributed by atoms with Gasteiger partial charge in [0.25, 0.3) is 0 Å². The first-order valence-corrected chi connectivity index (χ1v) is 14.2. The lowest BCUT2D eigenvalue weighted by Crippen LogP contribution is -2.33. The maximum Gasteiger partial charge on any atom is 0.222 e. The van der Waals surface area contributed by atoms with Crippen LogP contribution in [0, 0.1) is 11.7 Å². The number of primary sulfonamides is 1. The van der Waals surface area contributed by atoms with E-state index in [2.05, 4.69) is 14.9 Å². The minimum Gasteiger partial charge on any atom is -0.396 e. The lowest BCUT2D eigenvalue weighted by molar-refractivity contribution is 0.240. The van der Waals surface area contributed by atoms with Gasteiger partial charge in [-0.2, -0.15) is 0 Å². The summed E-state index contributed by atoms with van der Waals surface area (Å²) in [6.07, 6.45) is 4.30. The molecule has 0 amide bonds. The number of hydrogen-bond acceptors (Lipinski definition) is 8. The first-order chi connectivity index (χ1) is 16.7. The molecule has 2 aromatic heterocycles. The van der Waals surface area contributed by atoms with Crippen molar-refractivity contribution < 1.29 is 17.9 Å². The summed E-state index contributed by atoms with van der Waals surface area (Å²) < 4.78 is 40.1. The van der Waals surface area contributed by atoms with Crippen LogP contribution >= 0.6 is 22.9 Å². The van der Waals surface area contributed by atoms with Gasteiger partial charge in [-0.15, -0.1) is 0 Å². The molecule has 1 aliphatic heterocycles. The number of sulfonamides is 1. The van der Waals surface area contributed by atoms with E-state index < -0.39 is 21.1 Å².